The number of halogens is 2. The third kappa shape index (κ3) is 5.07. The molecule has 0 unspecified atom stereocenters. The molecule has 0 saturated carbocycles. The lowest BCUT2D eigenvalue weighted by Crippen LogP contribution is -2.37. The van der Waals surface area contributed by atoms with Gasteiger partial charge in [-0.1, -0.05) is 102 Å². The van der Waals surface area contributed by atoms with Gasteiger partial charge in [-0.3, -0.25) is 4.79 Å². The summed E-state index contributed by atoms with van der Waals surface area (Å²) in [5.41, 5.74) is 1.09. The first kappa shape index (κ1) is 27.4. The number of anilines is 1. The molecule has 0 atom stereocenters. The summed E-state index contributed by atoms with van der Waals surface area (Å²) >= 11 is 13.4. The SMILES string of the molecule is Cc1ccc(S(=O)(=O)N(C(=O)c2ccccc2)c2c(Cl)c(Cl)c(OC(=O)c3ccccc3)c3ccccc23)cc1. The van der Waals surface area contributed by atoms with Crippen LogP contribution >= 0.6 is 23.2 Å². The lowest BCUT2D eigenvalue weighted by Gasteiger charge is -2.26. The second-order valence-corrected chi connectivity index (χ2v) is 11.4. The Morgan fingerprint density at radius 3 is 1.80 bits per heavy atom. The van der Waals surface area contributed by atoms with Crippen LogP contribution in [-0.2, 0) is 10.0 Å². The maximum Gasteiger partial charge on any atom is 0.343 e. The standard InChI is InChI=1S/C31H21Cl2NO5S/c1-20-16-18-23(19-17-20)40(37,38)34(30(35)21-10-4-2-5-11-21)28-24-14-8-9-15-25(24)29(27(33)26(28)32)39-31(36)22-12-6-3-7-13-22/h2-19H,1H3. The van der Waals surface area contributed by atoms with Gasteiger partial charge in [0.15, 0.2) is 5.75 Å². The molecule has 0 fully saturated rings. The third-order valence-corrected chi connectivity index (χ3v) is 8.72. The Balaban J connectivity index is 1.76. The van der Waals surface area contributed by atoms with Crippen molar-refractivity contribution in [2.75, 3.05) is 4.31 Å². The Bertz CT molecular complexity index is 1840. The molecule has 1 amide bonds. The Morgan fingerprint density at radius 1 is 0.675 bits per heavy atom. The molecule has 0 aliphatic heterocycles. The van der Waals surface area contributed by atoms with E-state index < -0.39 is 21.9 Å². The zero-order valence-electron chi connectivity index (χ0n) is 21.0. The van der Waals surface area contributed by atoms with Crippen molar-refractivity contribution in [1.29, 1.82) is 0 Å². The summed E-state index contributed by atoms with van der Waals surface area (Å²) in [4.78, 5) is 26.8. The van der Waals surface area contributed by atoms with Crippen molar-refractivity contribution in [2.45, 2.75) is 11.8 Å². The predicted molar refractivity (Wildman–Crippen MR) is 157 cm³/mol. The van der Waals surface area contributed by atoms with Gasteiger partial charge in [0.25, 0.3) is 15.9 Å². The molecule has 40 heavy (non-hydrogen) atoms. The molecule has 0 saturated heterocycles. The highest BCUT2D eigenvalue weighted by Crippen LogP contribution is 2.48. The monoisotopic (exact) mass is 589 g/mol. The van der Waals surface area contributed by atoms with E-state index in [1.54, 1.807) is 84.9 Å². The summed E-state index contributed by atoms with van der Waals surface area (Å²) in [6.45, 7) is 1.82. The number of esters is 1. The van der Waals surface area contributed by atoms with Crippen molar-refractivity contribution in [1.82, 2.24) is 0 Å². The molecule has 0 aromatic heterocycles. The Morgan fingerprint density at radius 2 is 1.20 bits per heavy atom. The number of aryl methyl sites for hydroxylation is 1. The number of amides is 1. The van der Waals surface area contributed by atoms with Crippen LogP contribution in [-0.4, -0.2) is 20.3 Å². The second kappa shape index (κ2) is 11.1. The van der Waals surface area contributed by atoms with E-state index in [0.29, 0.717) is 9.69 Å². The molecular weight excluding hydrogens is 569 g/mol. The fourth-order valence-electron chi connectivity index (χ4n) is 4.20. The van der Waals surface area contributed by atoms with E-state index in [1.165, 1.54) is 24.3 Å². The first-order chi connectivity index (χ1) is 19.2. The van der Waals surface area contributed by atoms with Gasteiger partial charge in [0.1, 0.15) is 5.02 Å². The predicted octanol–water partition coefficient (Wildman–Crippen LogP) is 7.71. The lowest BCUT2D eigenvalue weighted by atomic mass is 10.1. The molecule has 5 aromatic carbocycles. The number of carbonyl (C=O) groups is 2. The average Bonchev–Trinajstić information content (AvgIpc) is 2.98. The summed E-state index contributed by atoms with van der Waals surface area (Å²) < 4.78 is 34.6. The molecule has 5 rings (SSSR count). The average molecular weight is 590 g/mol. The number of hydrogen-bond donors (Lipinski definition) is 0. The molecule has 5 aromatic rings. The van der Waals surface area contributed by atoms with Gasteiger partial charge in [-0.05, 0) is 43.3 Å². The largest absolute Gasteiger partial charge is 0.421 e. The van der Waals surface area contributed by atoms with E-state index >= 15 is 0 Å². The normalized spacial score (nSPS) is 11.3. The van der Waals surface area contributed by atoms with Crippen molar-refractivity contribution in [2.24, 2.45) is 0 Å². The van der Waals surface area contributed by atoms with Crippen molar-refractivity contribution in [3.8, 4) is 5.75 Å². The molecule has 0 radical (unpaired) electrons. The molecule has 0 bridgehead atoms. The minimum atomic E-state index is -4.49. The molecule has 0 spiro atoms. The summed E-state index contributed by atoms with van der Waals surface area (Å²) in [6, 6.07) is 28.9. The van der Waals surface area contributed by atoms with Crippen LogP contribution in [0.3, 0.4) is 0 Å². The number of nitrogens with zero attached hydrogens (tertiary/aromatic N) is 1. The van der Waals surface area contributed by atoms with E-state index in [4.69, 9.17) is 27.9 Å². The summed E-state index contributed by atoms with van der Waals surface area (Å²) in [5.74, 6) is -1.57. The zero-order valence-corrected chi connectivity index (χ0v) is 23.4. The van der Waals surface area contributed by atoms with Gasteiger partial charge in [0, 0.05) is 16.3 Å². The van der Waals surface area contributed by atoms with E-state index in [1.807, 2.05) is 6.92 Å². The van der Waals surface area contributed by atoms with Crippen LogP contribution in [0.25, 0.3) is 10.8 Å². The molecule has 0 aliphatic rings. The van der Waals surface area contributed by atoms with E-state index in [2.05, 4.69) is 0 Å². The van der Waals surface area contributed by atoms with Gasteiger partial charge < -0.3 is 4.74 Å². The smallest absolute Gasteiger partial charge is 0.343 e. The summed E-state index contributed by atoms with van der Waals surface area (Å²) in [5, 5.41) is 0.0506. The highest BCUT2D eigenvalue weighted by molar-refractivity contribution is 7.93. The molecule has 6 nitrogen and oxygen atoms in total. The molecule has 200 valence electrons. The van der Waals surface area contributed by atoms with Crippen molar-refractivity contribution in [3.63, 3.8) is 0 Å². The molecular formula is C31H21Cl2NO5S. The number of sulfonamides is 1. The Hall–Kier alpha value is -4.17. The molecule has 0 N–H and O–H groups in total. The van der Waals surface area contributed by atoms with Gasteiger partial charge in [-0.15, -0.1) is 0 Å². The second-order valence-electron chi connectivity index (χ2n) is 8.86. The number of rotatable bonds is 6. The highest BCUT2D eigenvalue weighted by Gasteiger charge is 2.36. The highest BCUT2D eigenvalue weighted by atomic mass is 35.5. The van der Waals surface area contributed by atoms with Crippen LogP contribution in [0, 0.1) is 6.92 Å². The van der Waals surface area contributed by atoms with Gasteiger partial charge in [-0.25, -0.2) is 13.2 Å². The van der Waals surface area contributed by atoms with Crippen LogP contribution in [0.1, 0.15) is 26.3 Å². The van der Waals surface area contributed by atoms with E-state index in [9.17, 15) is 18.0 Å². The number of carbonyl (C=O) groups excluding carboxylic acids is 2. The molecule has 0 heterocycles. The van der Waals surface area contributed by atoms with Crippen LogP contribution in [0.2, 0.25) is 10.0 Å². The number of hydrogen-bond acceptors (Lipinski definition) is 5. The van der Waals surface area contributed by atoms with Gasteiger partial charge in [0.2, 0.25) is 0 Å². The van der Waals surface area contributed by atoms with Crippen LogP contribution in [0.4, 0.5) is 5.69 Å². The Labute approximate surface area is 241 Å². The molecule has 0 aliphatic carbocycles. The van der Waals surface area contributed by atoms with Gasteiger partial charge in [-0.2, -0.15) is 4.31 Å². The number of benzene rings is 5. The lowest BCUT2D eigenvalue weighted by molar-refractivity contribution is 0.0737. The zero-order chi connectivity index (χ0) is 28.4. The maximum atomic E-state index is 14.1. The van der Waals surface area contributed by atoms with Gasteiger partial charge >= 0.3 is 5.97 Å². The summed E-state index contributed by atoms with van der Waals surface area (Å²) in [6.07, 6.45) is 0. The Kier molecular flexibility index (Phi) is 7.63. The van der Waals surface area contributed by atoms with E-state index in [-0.39, 0.29) is 42.9 Å². The minimum Gasteiger partial charge on any atom is -0.421 e. The fraction of sp³-hybridized carbons (Fsp3) is 0.0323. The fourth-order valence-corrected chi connectivity index (χ4v) is 6.19. The molecule has 9 heteroatoms. The first-order valence-electron chi connectivity index (χ1n) is 12.1. The third-order valence-electron chi connectivity index (χ3n) is 6.20. The van der Waals surface area contributed by atoms with Crippen molar-refractivity contribution in [3.05, 3.63) is 136 Å². The minimum absolute atomic E-state index is 0.0558. The quantitative estimate of drug-likeness (QED) is 0.150. The summed E-state index contributed by atoms with van der Waals surface area (Å²) in [7, 11) is -4.49. The van der Waals surface area contributed by atoms with Crippen LogP contribution in [0.5, 0.6) is 5.75 Å². The van der Waals surface area contributed by atoms with Gasteiger partial charge in [0.05, 0.1) is 21.2 Å². The van der Waals surface area contributed by atoms with Crippen molar-refractivity contribution < 1.29 is 22.7 Å². The van der Waals surface area contributed by atoms with Crippen LogP contribution in [0.15, 0.2) is 114 Å². The van der Waals surface area contributed by atoms with Crippen LogP contribution < -0.4 is 9.04 Å². The number of ether oxygens (including phenoxy) is 1. The maximum absolute atomic E-state index is 14.1. The number of fused-ring (bicyclic) bond motifs is 1. The topological polar surface area (TPSA) is 80.8 Å². The van der Waals surface area contributed by atoms with Crippen molar-refractivity contribution >= 4 is 61.6 Å². The van der Waals surface area contributed by atoms with E-state index in [0.717, 1.165) is 5.56 Å². The first-order valence-corrected chi connectivity index (χ1v) is 14.3.